The number of anilines is 1. The molecule has 1 fully saturated rings. The van der Waals surface area contributed by atoms with E-state index in [9.17, 15) is 13.6 Å². The van der Waals surface area contributed by atoms with E-state index in [-0.39, 0.29) is 18.7 Å². The number of nitrogens with zero attached hydrogens (tertiary/aromatic N) is 2. The Kier molecular flexibility index (Phi) is 2.58. The van der Waals surface area contributed by atoms with Crippen LogP contribution in [0.5, 0.6) is 0 Å². The average molecular weight is 263 g/mol. The van der Waals surface area contributed by atoms with Crippen molar-refractivity contribution in [3.63, 3.8) is 0 Å². The highest BCUT2D eigenvalue weighted by atomic mass is 19.1. The Labute approximate surface area is 107 Å². The third kappa shape index (κ3) is 1.89. The zero-order valence-corrected chi connectivity index (χ0v) is 9.94. The fourth-order valence-electron chi connectivity index (χ4n) is 2.28. The Balaban J connectivity index is 2.23. The molecule has 1 amide bonds. The predicted octanol–water partition coefficient (Wildman–Crippen LogP) is 1.63. The molecule has 1 aliphatic rings. The van der Waals surface area contributed by atoms with E-state index >= 15 is 0 Å². The molecule has 2 N–H and O–H groups in total. The second-order valence-electron chi connectivity index (χ2n) is 4.55. The SMILES string of the molecule is NC(=O)c1cnc2cc(F)ccc2c1N1CC(F)C1. The molecule has 0 radical (unpaired) electrons. The van der Waals surface area contributed by atoms with Crippen LogP contribution in [-0.4, -0.2) is 30.2 Å². The van der Waals surface area contributed by atoms with Gasteiger partial charge < -0.3 is 10.6 Å². The van der Waals surface area contributed by atoms with Crippen LogP contribution in [0, 0.1) is 5.82 Å². The minimum absolute atomic E-state index is 0.205. The predicted molar refractivity (Wildman–Crippen MR) is 67.3 cm³/mol. The topological polar surface area (TPSA) is 59.2 Å². The molecule has 1 aliphatic heterocycles. The number of benzene rings is 1. The van der Waals surface area contributed by atoms with E-state index < -0.39 is 17.9 Å². The van der Waals surface area contributed by atoms with E-state index in [1.54, 1.807) is 4.90 Å². The van der Waals surface area contributed by atoms with Gasteiger partial charge in [0.2, 0.25) is 0 Å². The summed E-state index contributed by atoms with van der Waals surface area (Å²) >= 11 is 0. The van der Waals surface area contributed by atoms with Crippen LogP contribution in [0.3, 0.4) is 0 Å². The van der Waals surface area contributed by atoms with Crippen molar-refractivity contribution in [2.45, 2.75) is 6.17 Å². The van der Waals surface area contributed by atoms with Crippen LogP contribution >= 0.6 is 0 Å². The lowest BCUT2D eigenvalue weighted by Gasteiger charge is -2.37. The van der Waals surface area contributed by atoms with E-state index in [4.69, 9.17) is 5.73 Å². The summed E-state index contributed by atoms with van der Waals surface area (Å²) in [4.78, 5) is 17.2. The molecule has 0 atom stereocenters. The largest absolute Gasteiger partial charge is 0.365 e. The van der Waals surface area contributed by atoms with Crippen molar-refractivity contribution < 1.29 is 13.6 Å². The van der Waals surface area contributed by atoms with Gasteiger partial charge in [-0.25, -0.2) is 8.78 Å². The molecule has 0 aliphatic carbocycles. The number of hydrogen-bond donors (Lipinski definition) is 1. The van der Waals surface area contributed by atoms with Gasteiger partial charge in [0, 0.05) is 17.6 Å². The van der Waals surface area contributed by atoms with Crippen molar-refractivity contribution in [2.24, 2.45) is 5.73 Å². The number of nitrogens with two attached hydrogens (primary N) is 1. The number of halogens is 2. The van der Waals surface area contributed by atoms with Crippen molar-refractivity contribution in [1.29, 1.82) is 0 Å². The molecule has 98 valence electrons. The van der Waals surface area contributed by atoms with E-state index in [1.165, 1.54) is 24.4 Å². The molecule has 0 saturated carbocycles. The minimum Gasteiger partial charge on any atom is -0.365 e. The number of alkyl halides is 1. The highest BCUT2D eigenvalue weighted by molar-refractivity contribution is 6.07. The summed E-state index contributed by atoms with van der Waals surface area (Å²) in [6.07, 6.45) is 0.398. The van der Waals surface area contributed by atoms with Crippen LogP contribution in [0.1, 0.15) is 10.4 Å². The van der Waals surface area contributed by atoms with Crippen LogP contribution in [0.15, 0.2) is 24.4 Å². The van der Waals surface area contributed by atoms with Gasteiger partial charge in [-0.15, -0.1) is 0 Å². The number of fused-ring (bicyclic) bond motifs is 1. The highest BCUT2D eigenvalue weighted by Crippen LogP contribution is 2.33. The monoisotopic (exact) mass is 263 g/mol. The van der Waals surface area contributed by atoms with Crippen LogP contribution in [0.4, 0.5) is 14.5 Å². The van der Waals surface area contributed by atoms with Crippen LogP contribution in [0.2, 0.25) is 0 Å². The first-order valence-corrected chi connectivity index (χ1v) is 5.83. The normalized spacial score (nSPS) is 15.6. The molecule has 1 aromatic carbocycles. The Morgan fingerprint density at radius 3 is 2.79 bits per heavy atom. The number of hydrogen-bond acceptors (Lipinski definition) is 3. The van der Waals surface area contributed by atoms with Gasteiger partial charge in [-0.1, -0.05) is 0 Å². The molecule has 0 spiro atoms. The van der Waals surface area contributed by atoms with Crippen molar-refractivity contribution in [2.75, 3.05) is 18.0 Å². The molecule has 1 aromatic heterocycles. The van der Waals surface area contributed by atoms with Crippen molar-refractivity contribution in [3.8, 4) is 0 Å². The van der Waals surface area contributed by atoms with E-state index in [0.29, 0.717) is 16.6 Å². The number of carbonyl (C=O) groups is 1. The molecule has 1 saturated heterocycles. The summed E-state index contributed by atoms with van der Waals surface area (Å²) in [6.45, 7) is 0.410. The van der Waals surface area contributed by atoms with E-state index in [2.05, 4.69) is 4.98 Å². The summed E-state index contributed by atoms with van der Waals surface area (Å²) in [7, 11) is 0. The third-order valence-electron chi connectivity index (χ3n) is 3.22. The maximum atomic E-state index is 13.2. The first-order chi connectivity index (χ1) is 9.06. The minimum atomic E-state index is -0.913. The lowest BCUT2D eigenvalue weighted by Crippen LogP contribution is -2.49. The Hall–Kier alpha value is -2.24. The Morgan fingerprint density at radius 2 is 2.16 bits per heavy atom. The molecule has 0 unspecified atom stereocenters. The summed E-state index contributed by atoms with van der Waals surface area (Å²) in [5.41, 5.74) is 6.49. The lowest BCUT2D eigenvalue weighted by molar-refractivity contribution is 0.1000. The average Bonchev–Trinajstić information content (AvgIpc) is 2.33. The van der Waals surface area contributed by atoms with Crippen molar-refractivity contribution in [1.82, 2.24) is 4.98 Å². The zero-order valence-electron chi connectivity index (χ0n) is 9.94. The van der Waals surface area contributed by atoms with Crippen molar-refractivity contribution >= 4 is 22.5 Å². The Bertz CT molecular complexity index is 668. The second kappa shape index (κ2) is 4.15. The first-order valence-electron chi connectivity index (χ1n) is 5.83. The molecule has 4 nitrogen and oxygen atoms in total. The molecule has 6 heteroatoms. The Morgan fingerprint density at radius 1 is 1.42 bits per heavy atom. The van der Waals surface area contributed by atoms with Gasteiger partial charge in [0.15, 0.2) is 0 Å². The van der Waals surface area contributed by atoms with Gasteiger partial charge in [-0.2, -0.15) is 0 Å². The fraction of sp³-hybridized carbons (Fsp3) is 0.231. The summed E-state index contributed by atoms with van der Waals surface area (Å²) in [5, 5.41) is 0.601. The molecular formula is C13H11F2N3O. The van der Waals surface area contributed by atoms with Crippen LogP contribution in [-0.2, 0) is 0 Å². The number of pyridine rings is 1. The van der Waals surface area contributed by atoms with Crippen molar-refractivity contribution in [3.05, 3.63) is 35.8 Å². The van der Waals surface area contributed by atoms with Gasteiger partial charge in [0.1, 0.15) is 12.0 Å². The number of aromatic nitrogens is 1. The van der Waals surface area contributed by atoms with Gasteiger partial charge >= 0.3 is 0 Å². The molecule has 19 heavy (non-hydrogen) atoms. The highest BCUT2D eigenvalue weighted by Gasteiger charge is 2.30. The zero-order chi connectivity index (χ0) is 13.6. The summed E-state index contributed by atoms with van der Waals surface area (Å²) < 4.78 is 26.2. The van der Waals surface area contributed by atoms with Crippen LogP contribution in [0.25, 0.3) is 10.9 Å². The molecular weight excluding hydrogens is 252 g/mol. The van der Waals surface area contributed by atoms with Gasteiger partial charge in [-0.3, -0.25) is 9.78 Å². The van der Waals surface area contributed by atoms with Gasteiger partial charge in [-0.05, 0) is 12.1 Å². The van der Waals surface area contributed by atoms with Gasteiger partial charge in [0.05, 0.1) is 29.9 Å². The molecule has 2 aromatic rings. The molecule has 2 heterocycles. The summed E-state index contributed by atoms with van der Waals surface area (Å²) in [5.74, 6) is -1.04. The smallest absolute Gasteiger partial charge is 0.252 e. The van der Waals surface area contributed by atoms with E-state index in [1.807, 2.05) is 0 Å². The van der Waals surface area contributed by atoms with E-state index in [0.717, 1.165) is 0 Å². The molecule has 3 rings (SSSR count). The maximum Gasteiger partial charge on any atom is 0.252 e. The quantitative estimate of drug-likeness (QED) is 0.895. The second-order valence-corrected chi connectivity index (χ2v) is 4.55. The fourth-order valence-corrected chi connectivity index (χ4v) is 2.28. The summed E-state index contributed by atoms with van der Waals surface area (Å²) in [6, 6.07) is 4.09. The standard InChI is InChI=1S/C13H11F2N3O/c14-7-1-2-9-11(3-7)17-4-10(13(16)19)12(9)18-5-8(15)6-18/h1-4,8H,5-6H2,(H2,16,19). The number of rotatable bonds is 2. The number of amides is 1. The lowest BCUT2D eigenvalue weighted by atomic mass is 10.0. The first kappa shape index (κ1) is 11.8. The third-order valence-corrected chi connectivity index (χ3v) is 3.22. The maximum absolute atomic E-state index is 13.2. The number of primary amides is 1. The number of carbonyl (C=O) groups excluding carboxylic acids is 1. The molecule has 0 bridgehead atoms. The van der Waals surface area contributed by atoms with Crippen LogP contribution < -0.4 is 10.6 Å². The van der Waals surface area contributed by atoms with Gasteiger partial charge in [0.25, 0.3) is 5.91 Å².